The highest BCUT2D eigenvalue weighted by Gasteiger charge is 2.31. The highest BCUT2D eigenvalue weighted by atomic mass is 35.5. The van der Waals surface area contributed by atoms with Crippen LogP contribution in [0.3, 0.4) is 0 Å². The lowest BCUT2D eigenvalue weighted by atomic mass is 9.92. The third-order valence-corrected chi connectivity index (χ3v) is 5.44. The summed E-state index contributed by atoms with van der Waals surface area (Å²) in [5, 5.41) is 5.63. The van der Waals surface area contributed by atoms with Crippen LogP contribution < -0.4 is 10.6 Å². The highest BCUT2D eigenvalue weighted by Crippen LogP contribution is 2.27. The van der Waals surface area contributed by atoms with Crippen molar-refractivity contribution in [3.63, 3.8) is 0 Å². The Bertz CT molecular complexity index is 1320. The summed E-state index contributed by atoms with van der Waals surface area (Å²) in [4.78, 5) is 37.7. The summed E-state index contributed by atoms with van der Waals surface area (Å²) in [5.74, 6) is 1.59. The molecule has 0 unspecified atom stereocenters. The summed E-state index contributed by atoms with van der Waals surface area (Å²) in [6.45, 7) is 0.180. The van der Waals surface area contributed by atoms with E-state index in [-0.39, 0.29) is 34.5 Å². The maximum atomic E-state index is 12.8. The van der Waals surface area contributed by atoms with Gasteiger partial charge in [0.15, 0.2) is 0 Å². The minimum atomic E-state index is -0.402. The van der Waals surface area contributed by atoms with Gasteiger partial charge in [0.25, 0.3) is 5.91 Å². The van der Waals surface area contributed by atoms with Crippen LogP contribution in [0, 0.1) is 12.3 Å². The number of ketones is 2. The van der Waals surface area contributed by atoms with Crippen molar-refractivity contribution < 1.29 is 14.4 Å². The number of fused-ring (bicyclic) bond motifs is 1. The van der Waals surface area contributed by atoms with Crippen LogP contribution in [0.2, 0.25) is 0 Å². The van der Waals surface area contributed by atoms with Crippen LogP contribution in [-0.2, 0) is 6.54 Å². The van der Waals surface area contributed by atoms with Crippen LogP contribution in [0.15, 0.2) is 83.5 Å². The first-order valence-electron chi connectivity index (χ1n) is 9.77. The predicted molar refractivity (Wildman–Crippen MR) is 124 cm³/mol. The molecule has 0 heterocycles. The Morgan fingerprint density at radius 3 is 2.25 bits per heavy atom. The molecule has 156 valence electrons. The second-order valence-corrected chi connectivity index (χ2v) is 7.46. The van der Waals surface area contributed by atoms with Crippen LogP contribution in [0.25, 0.3) is 0 Å². The molecule has 0 fully saturated rings. The standard InChI is InChI=1S/C26H17ClN2O3/c1-2-16-14-19(29-26(32)17-8-4-3-5-9-17)13-12-18(16)15-28-23-22(27)24(30)20-10-6-7-11-21(20)25(23)31/h1,3-14,28H,15H2,(H,29,32). The van der Waals surface area contributed by atoms with Gasteiger partial charge >= 0.3 is 0 Å². The second-order valence-electron chi connectivity index (χ2n) is 7.08. The normalized spacial score (nSPS) is 12.8. The van der Waals surface area contributed by atoms with E-state index in [2.05, 4.69) is 16.6 Å². The lowest BCUT2D eigenvalue weighted by molar-refractivity contribution is 0.0974. The van der Waals surface area contributed by atoms with E-state index in [1.165, 1.54) is 0 Å². The van der Waals surface area contributed by atoms with Gasteiger partial charge in [-0.2, -0.15) is 0 Å². The number of halogens is 1. The fourth-order valence-electron chi connectivity index (χ4n) is 3.42. The fourth-order valence-corrected chi connectivity index (χ4v) is 3.68. The summed E-state index contributed by atoms with van der Waals surface area (Å²) in [6.07, 6.45) is 5.66. The molecule has 0 saturated heterocycles. The summed E-state index contributed by atoms with van der Waals surface area (Å²) in [7, 11) is 0. The SMILES string of the molecule is C#Cc1cc(NC(=O)c2ccccc2)ccc1CNC1=C(Cl)C(=O)c2ccccc2C1=O. The van der Waals surface area contributed by atoms with Crippen LogP contribution >= 0.6 is 11.6 Å². The number of nitrogens with one attached hydrogen (secondary N) is 2. The first kappa shape index (κ1) is 21.1. The molecule has 6 heteroatoms. The molecule has 0 bridgehead atoms. The van der Waals surface area contributed by atoms with Crippen LogP contribution in [-0.4, -0.2) is 17.5 Å². The third-order valence-electron chi connectivity index (χ3n) is 5.08. The average Bonchev–Trinajstić information content (AvgIpc) is 2.83. The van der Waals surface area contributed by atoms with E-state index in [4.69, 9.17) is 18.0 Å². The van der Waals surface area contributed by atoms with Crippen molar-refractivity contribution in [3.8, 4) is 12.3 Å². The van der Waals surface area contributed by atoms with E-state index < -0.39 is 5.78 Å². The van der Waals surface area contributed by atoms with Gasteiger partial charge in [0, 0.05) is 34.5 Å². The van der Waals surface area contributed by atoms with E-state index in [1.807, 2.05) is 6.07 Å². The Morgan fingerprint density at radius 2 is 1.56 bits per heavy atom. The number of terminal acetylenes is 1. The molecule has 0 aliphatic heterocycles. The van der Waals surface area contributed by atoms with E-state index in [9.17, 15) is 14.4 Å². The smallest absolute Gasteiger partial charge is 0.255 e. The lowest BCUT2D eigenvalue weighted by Crippen LogP contribution is -2.29. The Morgan fingerprint density at radius 1 is 0.906 bits per heavy atom. The number of carbonyl (C=O) groups excluding carboxylic acids is 3. The largest absolute Gasteiger partial charge is 0.376 e. The van der Waals surface area contributed by atoms with E-state index in [0.29, 0.717) is 27.9 Å². The first-order chi connectivity index (χ1) is 15.5. The monoisotopic (exact) mass is 440 g/mol. The van der Waals surface area contributed by atoms with E-state index >= 15 is 0 Å². The predicted octanol–water partition coefficient (Wildman–Crippen LogP) is 4.54. The van der Waals surface area contributed by atoms with Crippen molar-refractivity contribution in [2.75, 3.05) is 5.32 Å². The minimum absolute atomic E-state index is 0.0415. The number of hydrogen-bond donors (Lipinski definition) is 2. The quantitative estimate of drug-likeness (QED) is 0.571. The van der Waals surface area contributed by atoms with Gasteiger partial charge in [-0.15, -0.1) is 6.42 Å². The molecule has 0 spiro atoms. The van der Waals surface area contributed by atoms with Gasteiger partial charge in [-0.1, -0.05) is 66.1 Å². The summed E-state index contributed by atoms with van der Waals surface area (Å²) in [5.41, 5.74) is 2.96. The number of anilines is 1. The molecule has 1 aliphatic carbocycles. The van der Waals surface area contributed by atoms with Crippen molar-refractivity contribution in [2.45, 2.75) is 6.54 Å². The Labute approximate surface area is 190 Å². The number of rotatable bonds is 5. The zero-order chi connectivity index (χ0) is 22.7. The Hall–Kier alpha value is -4.14. The molecule has 0 atom stereocenters. The number of allylic oxidation sites excluding steroid dienone is 2. The lowest BCUT2D eigenvalue weighted by Gasteiger charge is -2.19. The number of hydrogen-bond acceptors (Lipinski definition) is 4. The maximum absolute atomic E-state index is 12.8. The van der Waals surface area contributed by atoms with Gasteiger partial charge in [-0.05, 0) is 29.8 Å². The molecule has 4 rings (SSSR count). The van der Waals surface area contributed by atoms with Crippen molar-refractivity contribution in [1.29, 1.82) is 0 Å². The number of benzene rings is 3. The first-order valence-corrected chi connectivity index (χ1v) is 10.2. The molecule has 3 aromatic carbocycles. The van der Waals surface area contributed by atoms with Gasteiger partial charge in [0.2, 0.25) is 11.6 Å². The minimum Gasteiger partial charge on any atom is -0.376 e. The zero-order valence-electron chi connectivity index (χ0n) is 16.8. The highest BCUT2D eigenvalue weighted by molar-refractivity contribution is 6.49. The van der Waals surface area contributed by atoms with Gasteiger partial charge < -0.3 is 10.6 Å². The van der Waals surface area contributed by atoms with Crippen molar-refractivity contribution >= 4 is 34.8 Å². The molecule has 1 amide bonds. The van der Waals surface area contributed by atoms with E-state index in [1.54, 1.807) is 66.7 Å². The summed E-state index contributed by atoms with van der Waals surface area (Å²) < 4.78 is 0. The Kier molecular flexibility index (Phi) is 5.89. The molecule has 2 N–H and O–H groups in total. The molecule has 32 heavy (non-hydrogen) atoms. The molecule has 0 aromatic heterocycles. The number of carbonyl (C=O) groups is 3. The maximum Gasteiger partial charge on any atom is 0.255 e. The number of Topliss-reactive ketones (excluding diaryl/α,β-unsaturated/α-hetero) is 2. The van der Waals surface area contributed by atoms with Gasteiger partial charge in [0.05, 0.1) is 0 Å². The molecular formula is C26H17ClN2O3. The second kappa shape index (κ2) is 8.93. The van der Waals surface area contributed by atoms with Gasteiger partial charge in [0.1, 0.15) is 10.7 Å². The average molecular weight is 441 g/mol. The fraction of sp³-hybridized carbons (Fsp3) is 0.0385. The molecule has 0 radical (unpaired) electrons. The van der Waals surface area contributed by atoms with E-state index in [0.717, 1.165) is 0 Å². The molecular weight excluding hydrogens is 424 g/mol. The number of amides is 1. The third kappa shape index (κ3) is 4.04. The molecule has 5 nitrogen and oxygen atoms in total. The van der Waals surface area contributed by atoms with Crippen molar-refractivity contribution in [3.05, 3.63) is 111 Å². The summed E-state index contributed by atoms with van der Waals surface area (Å²) in [6, 6.07) is 20.5. The van der Waals surface area contributed by atoms with Crippen LogP contribution in [0.4, 0.5) is 5.69 Å². The molecule has 1 aliphatic rings. The molecule has 3 aromatic rings. The van der Waals surface area contributed by atoms with Crippen molar-refractivity contribution in [1.82, 2.24) is 5.32 Å². The van der Waals surface area contributed by atoms with Crippen LogP contribution in [0.5, 0.6) is 0 Å². The molecule has 0 saturated carbocycles. The summed E-state index contributed by atoms with van der Waals surface area (Å²) >= 11 is 6.20. The Balaban J connectivity index is 1.52. The van der Waals surface area contributed by atoms with Gasteiger partial charge in [-0.3, -0.25) is 14.4 Å². The zero-order valence-corrected chi connectivity index (χ0v) is 17.6. The van der Waals surface area contributed by atoms with Crippen molar-refractivity contribution in [2.24, 2.45) is 0 Å². The van der Waals surface area contributed by atoms with Crippen LogP contribution in [0.1, 0.15) is 42.2 Å². The topological polar surface area (TPSA) is 75.3 Å². The van der Waals surface area contributed by atoms with Gasteiger partial charge in [-0.25, -0.2) is 0 Å².